The van der Waals surface area contributed by atoms with Crippen LogP contribution in [0.3, 0.4) is 0 Å². The predicted molar refractivity (Wildman–Crippen MR) is 117 cm³/mol. The number of rotatable bonds is 8. The molecule has 1 aromatic carbocycles. The van der Waals surface area contributed by atoms with Crippen LogP contribution in [-0.4, -0.2) is 22.5 Å². The maximum Gasteiger partial charge on any atom is 0.226 e. The van der Waals surface area contributed by atoms with Gasteiger partial charge in [-0.2, -0.15) is 0 Å². The standard InChI is InChI=1S/C25H30FN3O2/c1-2-19(15-26)18-31-22-5-3-20(4-6-22)24-7-10-25(11-8-24,12-9-24)23(30)29-17-21-16-27-13-14-28-21/h3-6,13-16H,2,7-12,17-18H2,1H3,(H,29,30)/b19-15+. The Kier molecular flexibility index (Phi) is 6.35. The molecule has 3 fully saturated rings. The third-order valence-corrected chi connectivity index (χ3v) is 7.27. The molecule has 164 valence electrons. The number of aromatic nitrogens is 2. The molecule has 1 amide bonds. The van der Waals surface area contributed by atoms with Gasteiger partial charge in [-0.3, -0.25) is 14.8 Å². The highest BCUT2D eigenvalue weighted by Crippen LogP contribution is 2.57. The Hall–Kier alpha value is -2.76. The van der Waals surface area contributed by atoms with Gasteiger partial charge in [0, 0.05) is 17.8 Å². The largest absolute Gasteiger partial charge is 0.489 e. The van der Waals surface area contributed by atoms with E-state index in [9.17, 15) is 9.18 Å². The normalized spacial score (nSPS) is 25.3. The molecule has 2 bridgehead atoms. The highest BCUT2D eigenvalue weighted by atomic mass is 19.1. The number of carbonyl (C=O) groups is 1. The van der Waals surface area contributed by atoms with Crippen LogP contribution in [0.4, 0.5) is 4.39 Å². The Balaban J connectivity index is 1.35. The van der Waals surface area contributed by atoms with Crippen LogP contribution in [-0.2, 0) is 16.8 Å². The van der Waals surface area contributed by atoms with E-state index < -0.39 is 0 Å². The van der Waals surface area contributed by atoms with Crippen LogP contribution in [0.15, 0.2) is 54.8 Å². The molecule has 0 aliphatic heterocycles. The summed E-state index contributed by atoms with van der Waals surface area (Å²) < 4.78 is 18.4. The van der Waals surface area contributed by atoms with E-state index in [1.165, 1.54) is 5.56 Å². The number of nitrogens with one attached hydrogen (secondary N) is 1. The van der Waals surface area contributed by atoms with Gasteiger partial charge in [0.1, 0.15) is 12.4 Å². The lowest BCUT2D eigenvalue weighted by molar-refractivity contribution is -0.138. The van der Waals surface area contributed by atoms with Gasteiger partial charge in [0.05, 0.1) is 24.8 Å². The lowest BCUT2D eigenvalue weighted by Crippen LogP contribution is -2.51. The lowest BCUT2D eigenvalue weighted by atomic mass is 9.51. The SMILES string of the molecule is CC/C(=C\F)COc1ccc(C23CCC(C(=O)NCc4cnccn4)(CC2)CC3)cc1. The van der Waals surface area contributed by atoms with Gasteiger partial charge in [0.15, 0.2) is 0 Å². The van der Waals surface area contributed by atoms with Gasteiger partial charge in [-0.1, -0.05) is 19.1 Å². The molecule has 0 atom stereocenters. The van der Waals surface area contributed by atoms with Gasteiger partial charge in [0.25, 0.3) is 0 Å². The van der Waals surface area contributed by atoms with Crippen molar-refractivity contribution in [2.45, 2.75) is 63.8 Å². The molecule has 0 radical (unpaired) electrons. The summed E-state index contributed by atoms with van der Waals surface area (Å²) in [5.74, 6) is 0.917. The molecule has 3 saturated carbocycles. The molecule has 3 aliphatic carbocycles. The zero-order chi connectivity index (χ0) is 21.7. The Morgan fingerprint density at radius 2 is 1.84 bits per heavy atom. The van der Waals surface area contributed by atoms with E-state index in [-0.39, 0.29) is 23.3 Å². The average Bonchev–Trinajstić information content (AvgIpc) is 2.85. The summed E-state index contributed by atoms with van der Waals surface area (Å²) in [5.41, 5.74) is 2.66. The molecule has 1 aromatic heterocycles. The average molecular weight is 424 g/mol. The molecule has 5 nitrogen and oxygen atoms in total. The van der Waals surface area contributed by atoms with E-state index in [0.717, 1.165) is 50.0 Å². The molecule has 5 rings (SSSR count). The van der Waals surface area contributed by atoms with Crippen molar-refractivity contribution in [3.05, 3.63) is 66.0 Å². The third kappa shape index (κ3) is 4.48. The van der Waals surface area contributed by atoms with Crippen molar-refractivity contribution in [2.24, 2.45) is 5.41 Å². The lowest BCUT2D eigenvalue weighted by Gasteiger charge is -2.52. The summed E-state index contributed by atoms with van der Waals surface area (Å²) in [5, 5.41) is 3.09. The molecule has 6 heteroatoms. The second-order valence-electron chi connectivity index (χ2n) is 8.87. The summed E-state index contributed by atoms with van der Waals surface area (Å²) >= 11 is 0. The van der Waals surface area contributed by atoms with Gasteiger partial charge in [-0.25, -0.2) is 4.39 Å². The monoisotopic (exact) mass is 423 g/mol. The van der Waals surface area contributed by atoms with Crippen LogP contribution in [0.25, 0.3) is 0 Å². The van der Waals surface area contributed by atoms with E-state index in [2.05, 4.69) is 27.4 Å². The number of fused-ring (bicyclic) bond motifs is 3. The van der Waals surface area contributed by atoms with E-state index in [4.69, 9.17) is 4.74 Å². The summed E-state index contributed by atoms with van der Waals surface area (Å²) in [7, 11) is 0. The second kappa shape index (κ2) is 9.16. The zero-order valence-electron chi connectivity index (χ0n) is 18.1. The number of hydrogen-bond donors (Lipinski definition) is 1. The Morgan fingerprint density at radius 3 is 2.42 bits per heavy atom. The van der Waals surface area contributed by atoms with Crippen molar-refractivity contribution in [3.8, 4) is 5.75 Å². The van der Waals surface area contributed by atoms with E-state index in [1.54, 1.807) is 18.6 Å². The number of halogens is 1. The van der Waals surface area contributed by atoms with Crippen molar-refractivity contribution >= 4 is 5.91 Å². The molecular formula is C25H30FN3O2. The highest BCUT2D eigenvalue weighted by Gasteiger charge is 2.52. The van der Waals surface area contributed by atoms with Crippen LogP contribution >= 0.6 is 0 Å². The van der Waals surface area contributed by atoms with Crippen LogP contribution in [0.2, 0.25) is 0 Å². The number of ether oxygens (including phenoxy) is 1. The van der Waals surface area contributed by atoms with Gasteiger partial charge in [-0.05, 0) is 73.6 Å². The van der Waals surface area contributed by atoms with Crippen molar-refractivity contribution in [2.75, 3.05) is 6.61 Å². The first kappa shape index (κ1) is 21.5. The van der Waals surface area contributed by atoms with E-state index in [1.807, 2.05) is 19.1 Å². The van der Waals surface area contributed by atoms with Gasteiger partial charge < -0.3 is 10.1 Å². The quantitative estimate of drug-likeness (QED) is 0.647. The minimum absolute atomic E-state index is 0.152. The molecule has 1 heterocycles. The molecular weight excluding hydrogens is 393 g/mol. The van der Waals surface area contributed by atoms with Crippen molar-refractivity contribution in [1.29, 1.82) is 0 Å². The number of hydrogen-bond acceptors (Lipinski definition) is 4. The first-order chi connectivity index (χ1) is 15.1. The van der Waals surface area contributed by atoms with Gasteiger partial charge in [-0.15, -0.1) is 0 Å². The van der Waals surface area contributed by atoms with Gasteiger partial charge >= 0.3 is 0 Å². The fourth-order valence-corrected chi connectivity index (χ4v) is 5.03. The minimum atomic E-state index is -0.248. The Bertz CT molecular complexity index is 903. The Labute approximate surface area is 183 Å². The van der Waals surface area contributed by atoms with Crippen molar-refractivity contribution in [3.63, 3.8) is 0 Å². The first-order valence-electron chi connectivity index (χ1n) is 11.1. The van der Waals surface area contributed by atoms with Crippen molar-refractivity contribution in [1.82, 2.24) is 15.3 Å². The molecule has 0 unspecified atom stereocenters. The topological polar surface area (TPSA) is 64.1 Å². The third-order valence-electron chi connectivity index (χ3n) is 7.27. The van der Waals surface area contributed by atoms with Crippen LogP contribution in [0.5, 0.6) is 5.75 Å². The summed E-state index contributed by atoms with van der Waals surface area (Å²) in [6, 6.07) is 8.26. The highest BCUT2D eigenvalue weighted by molar-refractivity contribution is 5.83. The smallest absolute Gasteiger partial charge is 0.226 e. The van der Waals surface area contributed by atoms with Crippen LogP contribution < -0.4 is 10.1 Å². The maximum atomic E-state index is 13.0. The summed E-state index contributed by atoms with van der Waals surface area (Å²) in [6.07, 6.45) is 12.1. The molecule has 3 aliphatic rings. The molecule has 0 spiro atoms. The number of carbonyl (C=O) groups excluding carboxylic acids is 1. The van der Waals surface area contributed by atoms with Crippen LogP contribution in [0.1, 0.15) is 63.1 Å². The molecule has 1 N–H and O–H groups in total. The summed E-state index contributed by atoms with van der Waals surface area (Å²) in [4.78, 5) is 21.3. The van der Waals surface area contributed by atoms with Crippen LogP contribution in [0, 0.1) is 5.41 Å². The zero-order valence-corrected chi connectivity index (χ0v) is 18.1. The predicted octanol–water partition coefficient (Wildman–Crippen LogP) is 5.03. The molecule has 2 aromatic rings. The number of amides is 1. The minimum Gasteiger partial charge on any atom is -0.489 e. The van der Waals surface area contributed by atoms with Crippen molar-refractivity contribution < 1.29 is 13.9 Å². The number of nitrogens with zero attached hydrogens (tertiary/aromatic N) is 2. The number of benzene rings is 1. The first-order valence-corrected chi connectivity index (χ1v) is 11.1. The molecule has 0 saturated heterocycles. The summed E-state index contributed by atoms with van der Waals surface area (Å²) in [6.45, 7) is 2.63. The second-order valence-corrected chi connectivity index (χ2v) is 8.87. The fraction of sp³-hybridized carbons (Fsp3) is 0.480. The Morgan fingerprint density at radius 1 is 1.13 bits per heavy atom. The fourth-order valence-electron chi connectivity index (χ4n) is 5.03. The van der Waals surface area contributed by atoms with E-state index >= 15 is 0 Å². The maximum absolute atomic E-state index is 13.0. The molecule has 31 heavy (non-hydrogen) atoms. The van der Waals surface area contributed by atoms with Gasteiger partial charge in [0.2, 0.25) is 5.91 Å². The van der Waals surface area contributed by atoms with E-state index in [0.29, 0.717) is 24.9 Å².